The Morgan fingerprint density at radius 2 is 2.56 bits per heavy atom. The summed E-state index contributed by atoms with van der Waals surface area (Å²) in [6.07, 6.45) is 4.98. The fourth-order valence-electron chi connectivity index (χ4n) is 0.644. The first kappa shape index (κ1) is 6.08. The first-order valence-corrected chi connectivity index (χ1v) is 2.80. The molecule has 0 aromatic carbocycles. The molecule has 0 saturated heterocycles. The Morgan fingerprint density at radius 3 is 2.89 bits per heavy atom. The van der Waals surface area contributed by atoms with Crippen LogP contribution in [0.15, 0.2) is 24.0 Å². The number of hydrogen-bond acceptors (Lipinski definition) is 2. The van der Waals surface area contributed by atoms with Crippen LogP contribution in [0.4, 0.5) is 0 Å². The predicted molar refractivity (Wildman–Crippen MR) is 33.9 cm³/mol. The van der Waals surface area contributed by atoms with Crippen molar-refractivity contribution in [1.29, 1.82) is 0 Å². The van der Waals surface area contributed by atoms with Gasteiger partial charge >= 0.3 is 0 Å². The van der Waals surface area contributed by atoms with Gasteiger partial charge in [0.25, 0.3) is 0 Å². The summed E-state index contributed by atoms with van der Waals surface area (Å²) in [5.41, 5.74) is 0.737. The van der Waals surface area contributed by atoms with Crippen molar-refractivity contribution in [2.75, 3.05) is 6.61 Å². The zero-order valence-corrected chi connectivity index (χ0v) is 5.26. The molecule has 1 heterocycles. The van der Waals surface area contributed by atoms with Gasteiger partial charge in [0.2, 0.25) is 0 Å². The van der Waals surface area contributed by atoms with Gasteiger partial charge in [-0.1, -0.05) is 0 Å². The number of rotatable bonds is 1. The maximum absolute atomic E-state index is 10.6. The summed E-state index contributed by atoms with van der Waals surface area (Å²) >= 11 is 0. The molecule has 0 radical (unpaired) electrons. The maximum atomic E-state index is 10.6. The van der Waals surface area contributed by atoms with Gasteiger partial charge in [-0.05, 0) is 19.1 Å². The topological polar surface area (TPSA) is 26.3 Å². The number of Topliss-reactive ketones (excluding diaryl/α,β-unsaturated/α-hetero) is 1. The van der Waals surface area contributed by atoms with Gasteiger partial charge in [0.1, 0.15) is 6.61 Å². The highest BCUT2D eigenvalue weighted by Crippen LogP contribution is 2.03. The van der Waals surface area contributed by atoms with Gasteiger partial charge in [-0.15, -0.1) is 0 Å². The Balaban J connectivity index is 2.69. The molecule has 2 nitrogen and oxygen atoms in total. The van der Waals surface area contributed by atoms with E-state index in [0.717, 1.165) is 5.57 Å². The molecule has 0 N–H and O–H groups in total. The van der Waals surface area contributed by atoms with Crippen LogP contribution in [0, 0.1) is 0 Å². The average molecular weight is 124 g/mol. The summed E-state index contributed by atoms with van der Waals surface area (Å²) in [4.78, 5) is 10.6. The summed E-state index contributed by atoms with van der Waals surface area (Å²) in [6, 6.07) is 0. The molecule has 0 saturated carbocycles. The molecule has 0 spiro atoms. The van der Waals surface area contributed by atoms with Gasteiger partial charge in [-0.2, -0.15) is 0 Å². The molecule has 0 bridgehead atoms. The molecule has 0 aromatic rings. The molecule has 1 aliphatic rings. The molecule has 0 fully saturated rings. The summed E-state index contributed by atoms with van der Waals surface area (Å²) in [6.45, 7) is 2.06. The van der Waals surface area contributed by atoms with Crippen LogP contribution in [-0.4, -0.2) is 12.4 Å². The van der Waals surface area contributed by atoms with Crippen LogP contribution < -0.4 is 0 Å². The standard InChI is InChI=1S/C7H8O2/c1-6(8)7-2-4-9-5-3-7/h2-4H,5H2,1H3. The fourth-order valence-corrected chi connectivity index (χ4v) is 0.644. The van der Waals surface area contributed by atoms with Crippen LogP contribution in [-0.2, 0) is 9.53 Å². The zero-order chi connectivity index (χ0) is 6.69. The Labute approximate surface area is 53.8 Å². The lowest BCUT2D eigenvalue weighted by Gasteiger charge is -2.02. The van der Waals surface area contributed by atoms with Gasteiger partial charge in [0.15, 0.2) is 5.78 Å². The van der Waals surface area contributed by atoms with Crippen LogP contribution in [0.3, 0.4) is 0 Å². The minimum atomic E-state index is 0.0922. The molecular formula is C7H8O2. The number of carbonyl (C=O) groups is 1. The lowest BCUT2D eigenvalue weighted by Crippen LogP contribution is -1.99. The van der Waals surface area contributed by atoms with E-state index < -0.39 is 0 Å². The van der Waals surface area contributed by atoms with E-state index in [1.165, 1.54) is 6.26 Å². The highest BCUT2D eigenvalue weighted by atomic mass is 16.5. The summed E-state index contributed by atoms with van der Waals surface area (Å²) < 4.78 is 4.84. The third kappa shape index (κ3) is 1.42. The first-order valence-electron chi connectivity index (χ1n) is 2.80. The molecule has 2 heteroatoms. The van der Waals surface area contributed by atoms with Gasteiger partial charge < -0.3 is 4.74 Å². The summed E-state index contributed by atoms with van der Waals surface area (Å²) in [5.74, 6) is 0.0922. The Hall–Kier alpha value is -1.05. The van der Waals surface area contributed by atoms with Crippen molar-refractivity contribution >= 4 is 5.78 Å². The number of ketones is 1. The normalized spacial score (nSPS) is 16.3. The fraction of sp³-hybridized carbons (Fsp3) is 0.286. The molecule has 1 rings (SSSR count). The highest BCUT2D eigenvalue weighted by molar-refractivity contribution is 5.96. The number of hydrogen-bond donors (Lipinski definition) is 0. The molecular weight excluding hydrogens is 116 g/mol. The van der Waals surface area contributed by atoms with Crippen LogP contribution in [0.25, 0.3) is 0 Å². The number of allylic oxidation sites excluding steroid dienone is 2. The van der Waals surface area contributed by atoms with Crippen molar-refractivity contribution in [3.05, 3.63) is 24.0 Å². The Bertz CT molecular complexity index is 177. The molecule has 0 unspecified atom stereocenters. The van der Waals surface area contributed by atoms with Crippen LogP contribution in [0.1, 0.15) is 6.92 Å². The van der Waals surface area contributed by atoms with Crippen molar-refractivity contribution in [3.63, 3.8) is 0 Å². The number of ether oxygens (including phenoxy) is 1. The third-order valence-corrected chi connectivity index (χ3v) is 1.15. The predicted octanol–water partition coefficient (Wildman–Crippen LogP) is 1.05. The lowest BCUT2D eigenvalue weighted by atomic mass is 10.1. The highest BCUT2D eigenvalue weighted by Gasteiger charge is 2.00. The largest absolute Gasteiger partial charge is 0.497 e. The van der Waals surface area contributed by atoms with Crippen molar-refractivity contribution in [2.45, 2.75) is 6.92 Å². The molecule has 0 aliphatic carbocycles. The van der Waals surface area contributed by atoms with Crippen LogP contribution in [0.2, 0.25) is 0 Å². The van der Waals surface area contributed by atoms with Crippen molar-refractivity contribution in [3.8, 4) is 0 Å². The van der Waals surface area contributed by atoms with Crippen molar-refractivity contribution in [1.82, 2.24) is 0 Å². The SMILES string of the molecule is CC(=O)C1=CCOC=C1. The Kier molecular flexibility index (Phi) is 1.68. The summed E-state index contributed by atoms with van der Waals surface area (Å²) in [7, 11) is 0. The van der Waals surface area contributed by atoms with E-state index in [4.69, 9.17) is 4.74 Å². The summed E-state index contributed by atoms with van der Waals surface area (Å²) in [5, 5.41) is 0. The van der Waals surface area contributed by atoms with E-state index in [-0.39, 0.29) is 5.78 Å². The van der Waals surface area contributed by atoms with Crippen molar-refractivity contribution < 1.29 is 9.53 Å². The first-order chi connectivity index (χ1) is 4.30. The van der Waals surface area contributed by atoms with Crippen LogP contribution >= 0.6 is 0 Å². The monoisotopic (exact) mass is 124 g/mol. The smallest absolute Gasteiger partial charge is 0.159 e. The second kappa shape index (κ2) is 2.49. The molecule has 1 aliphatic heterocycles. The zero-order valence-electron chi connectivity index (χ0n) is 5.26. The van der Waals surface area contributed by atoms with E-state index in [1.54, 1.807) is 19.1 Å². The molecule has 48 valence electrons. The maximum Gasteiger partial charge on any atom is 0.159 e. The third-order valence-electron chi connectivity index (χ3n) is 1.15. The van der Waals surface area contributed by atoms with E-state index in [2.05, 4.69) is 0 Å². The quantitative estimate of drug-likeness (QED) is 0.522. The minimum Gasteiger partial charge on any atom is -0.497 e. The lowest BCUT2D eigenvalue weighted by molar-refractivity contribution is -0.113. The molecule has 9 heavy (non-hydrogen) atoms. The minimum absolute atomic E-state index is 0.0922. The molecule has 0 aromatic heterocycles. The Morgan fingerprint density at radius 1 is 1.78 bits per heavy atom. The van der Waals surface area contributed by atoms with Crippen LogP contribution in [0.5, 0.6) is 0 Å². The molecule has 0 amide bonds. The molecule has 0 atom stereocenters. The van der Waals surface area contributed by atoms with E-state index >= 15 is 0 Å². The second-order valence-electron chi connectivity index (χ2n) is 1.85. The van der Waals surface area contributed by atoms with Gasteiger partial charge in [-0.25, -0.2) is 0 Å². The van der Waals surface area contributed by atoms with E-state index in [1.807, 2.05) is 0 Å². The van der Waals surface area contributed by atoms with Gasteiger partial charge in [-0.3, -0.25) is 4.79 Å². The number of carbonyl (C=O) groups excluding carboxylic acids is 1. The van der Waals surface area contributed by atoms with Gasteiger partial charge in [0, 0.05) is 5.57 Å². The second-order valence-corrected chi connectivity index (χ2v) is 1.85. The van der Waals surface area contributed by atoms with Gasteiger partial charge in [0.05, 0.1) is 6.26 Å². The van der Waals surface area contributed by atoms with E-state index in [9.17, 15) is 4.79 Å². The van der Waals surface area contributed by atoms with E-state index in [0.29, 0.717) is 6.61 Å². The van der Waals surface area contributed by atoms with Crippen molar-refractivity contribution in [2.24, 2.45) is 0 Å². The average Bonchev–Trinajstić information content (AvgIpc) is 1.90.